The lowest BCUT2D eigenvalue weighted by molar-refractivity contribution is -0.136. The minimum absolute atomic E-state index is 0.170. The van der Waals surface area contributed by atoms with Crippen LogP contribution in [-0.2, 0) is 11.2 Å². The largest absolute Gasteiger partial charge is 0.481 e. The van der Waals surface area contributed by atoms with Gasteiger partial charge in [0, 0.05) is 12.2 Å². The Bertz CT molecular complexity index is 326. The second kappa shape index (κ2) is 6.07. The van der Waals surface area contributed by atoms with Crippen molar-refractivity contribution < 1.29 is 9.90 Å². The highest BCUT2D eigenvalue weighted by molar-refractivity contribution is 8.01. The summed E-state index contributed by atoms with van der Waals surface area (Å²) in [7, 11) is 0. The van der Waals surface area contributed by atoms with E-state index in [0.717, 1.165) is 15.8 Å². The second-order valence-electron chi connectivity index (χ2n) is 3.55. The van der Waals surface area contributed by atoms with E-state index in [1.54, 1.807) is 11.3 Å². The zero-order valence-electron chi connectivity index (χ0n) is 8.77. The van der Waals surface area contributed by atoms with Gasteiger partial charge in [-0.1, -0.05) is 36.9 Å². The first-order valence-electron chi connectivity index (χ1n) is 4.75. The molecule has 6 heteroatoms. The van der Waals surface area contributed by atoms with Gasteiger partial charge in [-0.3, -0.25) is 4.79 Å². The summed E-state index contributed by atoms with van der Waals surface area (Å²) >= 11 is 3.02. The lowest BCUT2D eigenvalue weighted by Crippen LogP contribution is -1.95. The Labute approximate surface area is 97.1 Å². The monoisotopic (exact) mass is 246 g/mol. The lowest BCUT2D eigenvalue weighted by atomic mass is 10.1. The van der Waals surface area contributed by atoms with Crippen LogP contribution in [-0.4, -0.2) is 27.0 Å². The number of carboxylic acid groups (broad SMARTS) is 1. The lowest BCUT2D eigenvalue weighted by Gasteiger charge is -1.97. The van der Waals surface area contributed by atoms with E-state index in [1.165, 1.54) is 11.8 Å². The Morgan fingerprint density at radius 1 is 1.53 bits per heavy atom. The molecule has 1 aromatic rings. The number of nitrogens with zero attached hydrogens (tertiary/aromatic N) is 2. The van der Waals surface area contributed by atoms with E-state index in [0.29, 0.717) is 11.7 Å². The highest BCUT2D eigenvalue weighted by Crippen LogP contribution is 2.24. The van der Waals surface area contributed by atoms with E-state index < -0.39 is 5.97 Å². The topological polar surface area (TPSA) is 63.1 Å². The van der Waals surface area contributed by atoms with Crippen molar-refractivity contribution >= 4 is 29.1 Å². The van der Waals surface area contributed by atoms with E-state index in [4.69, 9.17) is 5.11 Å². The number of aromatic nitrogens is 2. The number of carboxylic acids is 1. The molecule has 0 fully saturated rings. The third-order valence-corrected chi connectivity index (χ3v) is 3.65. The smallest absolute Gasteiger partial charge is 0.304 e. The number of hydrogen-bond acceptors (Lipinski definition) is 5. The maximum atomic E-state index is 10.3. The Hall–Kier alpha value is -0.620. The van der Waals surface area contributed by atoms with Gasteiger partial charge in [0.05, 0.1) is 6.42 Å². The summed E-state index contributed by atoms with van der Waals surface area (Å²) < 4.78 is 0.868. The minimum Gasteiger partial charge on any atom is -0.481 e. The third-order valence-electron chi connectivity index (χ3n) is 1.57. The van der Waals surface area contributed by atoms with E-state index >= 15 is 0 Å². The summed E-state index contributed by atoms with van der Waals surface area (Å²) in [6.45, 7) is 4.28. The zero-order valence-corrected chi connectivity index (χ0v) is 10.4. The molecule has 0 aliphatic rings. The van der Waals surface area contributed by atoms with Gasteiger partial charge in [0.25, 0.3) is 0 Å². The van der Waals surface area contributed by atoms with Gasteiger partial charge in [0.1, 0.15) is 5.01 Å². The molecule has 0 saturated carbocycles. The predicted molar refractivity (Wildman–Crippen MR) is 61.4 cm³/mol. The van der Waals surface area contributed by atoms with Gasteiger partial charge in [-0.15, -0.1) is 10.2 Å². The van der Waals surface area contributed by atoms with Crippen molar-refractivity contribution in [2.75, 3.05) is 5.75 Å². The van der Waals surface area contributed by atoms with Crippen LogP contribution in [0.25, 0.3) is 0 Å². The first kappa shape index (κ1) is 12.4. The fourth-order valence-electron chi connectivity index (χ4n) is 0.954. The molecular formula is C9H14N2O2S2. The molecule has 84 valence electrons. The van der Waals surface area contributed by atoms with Crippen molar-refractivity contribution in [3.63, 3.8) is 0 Å². The summed E-state index contributed by atoms with van der Waals surface area (Å²) in [5.41, 5.74) is 0. The summed E-state index contributed by atoms with van der Waals surface area (Å²) in [6, 6.07) is 0. The van der Waals surface area contributed by atoms with Crippen molar-refractivity contribution in [1.82, 2.24) is 10.2 Å². The summed E-state index contributed by atoms with van der Waals surface area (Å²) in [4.78, 5) is 10.3. The van der Waals surface area contributed by atoms with Crippen LogP contribution in [0.4, 0.5) is 0 Å². The first-order valence-corrected chi connectivity index (χ1v) is 6.55. The van der Waals surface area contributed by atoms with Gasteiger partial charge < -0.3 is 5.11 Å². The second-order valence-corrected chi connectivity index (χ2v) is 5.96. The Morgan fingerprint density at radius 3 is 2.87 bits per heavy atom. The van der Waals surface area contributed by atoms with E-state index in [1.807, 2.05) is 0 Å². The maximum absolute atomic E-state index is 10.3. The molecule has 0 bridgehead atoms. The van der Waals surface area contributed by atoms with Gasteiger partial charge in [-0.25, -0.2) is 0 Å². The van der Waals surface area contributed by atoms with Gasteiger partial charge in [0.2, 0.25) is 0 Å². The van der Waals surface area contributed by atoms with Gasteiger partial charge in [0.15, 0.2) is 4.34 Å². The van der Waals surface area contributed by atoms with Crippen LogP contribution in [0.15, 0.2) is 4.34 Å². The Balaban J connectivity index is 2.36. The SMILES string of the molecule is CC(C)Cc1nnc(SCCC(=O)O)s1. The molecular weight excluding hydrogens is 232 g/mol. The predicted octanol–water partition coefficient (Wildman–Crippen LogP) is 2.30. The van der Waals surface area contributed by atoms with Gasteiger partial charge >= 0.3 is 5.97 Å². The summed E-state index contributed by atoms with van der Waals surface area (Å²) in [6.07, 6.45) is 1.11. The van der Waals surface area contributed by atoms with Crippen LogP contribution in [0, 0.1) is 5.92 Å². The van der Waals surface area contributed by atoms with Crippen LogP contribution >= 0.6 is 23.1 Å². The van der Waals surface area contributed by atoms with Crippen molar-refractivity contribution in [2.24, 2.45) is 5.92 Å². The molecule has 15 heavy (non-hydrogen) atoms. The molecule has 0 atom stereocenters. The normalized spacial score (nSPS) is 10.9. The third kappa shape index (κ3) is 5.13. The van der Waals surface area contributed by atoms with E-state index in [2.05, 4.69) is 24.0 Å². The molecule has 0 aromatic carbocycles. The van der Waals surface area contributed by atoms with E-state index in [9.17, 15) is 4.79 Å². The van der Waals surface area contributed by atoms with Gasteiger partial charge in [-0.05, 0) is 5.92 Å². The molecule has 0 aliphatic heterocycles. The van der Waals surface area contributed by atoms with Crippen molar-refractivity contribution in [2.45, 2.75) is 31.0 Å². The average molecular weight is 246 g/mol. The van der Waals surface area contributed by atoms with Crippen molar-refractivity contribution in [3.8, 4) is 0 Å². The highest BCUT2D eigenvalue weighted by atomic mass is 32.2. The van der Waals surface area contributed by atoms with Crippen molar-refractivity contribution in [1.29, 1.82) is 0 Å². The molecule has 0 radical (unpaired) electrons. The van der Waals surface area contributed by atoms with Crippen LogP contribution in [0.2, 0.25) is 0 Å². The van der Waals surface area contributed by atoms with Crippen LogP contribution < -0.4 is 0 Å². The highest BCUT2D eigenvalue weighted by Gasteiger charge is 2.07. The first-order chi connectivity index (χ1) is 7.08. The number of carbonyl (C=O) groups is 1. The van der Waals surface area contributed by atoms with Gasteiger partial charge in [-0.2, -0.15) is 0 Å². The maximum Gasteiger partial charge on any atom is 0.304 e. The standard InChI is InChI=1S/C9H14N2O2S2/c1-6(2)5-7-10-11-9(15-7)14-4-3-8(12)13/h6H,3-5H2,1-2H3,(H,12,13). The van der Waals surface area contributed by atoms with Crippen LogP contribution in [0.1, 0.15) is 25.3 Å². The Morgan fingerprint density at radius 2 is 2.27 bits per heavy atom. The molecule has 0 saturated heterocycles. The molecule has 4 nitrogen and oxygen atoms in total. The molecule has 1 N–H and O–H groups in total. The molecule has 0 amide bonds. The minimum atomic E-state index is -0.769. The molecule has 0 aliphatic carbocycles. The molecule has 0 unspecified atom stereocenters. The fraction of sp³-hybridized carbons (Fsp3) is 0.667. The molecule has 1 heterocycles. The van der Waals surface area contributed by atoms with Crippen LogP contribution in [0.3, 0.4) is 0 Å². The zero-order chi connectivity index (χ0) is 11.3. The molecule has 1 rings (SSSR count). The number of hydrogen-bond donors (Lipinski definition) is 1. The number of aliphatic carboxylic acids is 1. The summed E-state index contributed by atoms with van der Waals surface area (Å²) in [5, 5.41) is 17.6. The quantitative estimate of drug-likeness (QED) is 0.780. The number of rotatable bonds is 6. The van der Waals surface area contributed by atoms with Crippen LogP contribution in [0.5, 0.6) is 0 Å². The number of thioether (sulfide) groups is 1. The summed E-state index contributed by atoms with van der Waals surface area (Å²) in [5.74, 6) is 0.371. The molecule has 0 spiro atoms. The fourth-order valence-corrected chi connectivity index (χ4v) is 3.06. The van der Waals surface area contributed by atoms with Crippen molar-refractivity contribution in [3.05, 3.63) is 5.01 Å². The molecule has 1 aromatic heterocycles. The van der Waals surface area contributed by atoms with E-state index in [-0.39, 0.29) is 6.42 Å². The average Bonchev–Trinajstić information content (AvgIpc) is 2.50. The Kier molecular flexibility index (Phi) is 5.04.